The van der Waals surface area contributed by atoms with Gasteiger partial charge < -0.3 is 5.32 Å². The van der Waals surface area contributed by atoms with Crippen molar-refractivity contribution < 1.29 is 9.18 Å². The van der Waals surface area contributed by atoms with Gasteiger partial charge in [-0.15, -0.1) is 0 Å². The first-order chi connectivity index (χ1) is 14.0. The molecule has 0 atom stereocenters. The van der Waals surface area contributed by atoms with Crippen molar-refractivity contribution in [3.8, 4) is 17.3 Å². The van der Waals surface area contributed by atoms with Gasteiger partial charge >= 0.3 is 0 Å². The molecule has 29 heavy (non-hydrogen) atoms. The Morgan fingerprint density at radius 1 is 1.14 bits per heavy atom. The number of hydrogen-bond donors (Lipinski definition) is 2. The van der Waals surface area contributed by atoms with Crippen LogP contribution in [-0.4, -0.2) is 21.1 Å². The summed E-state index contributed by atoms with van der Waals surface area (Å²) in [5.74, 6) is -0.678. The lowest BCUT2D eigenvalue weighted by Gasteiger charge is -2.08. The summed E-state index contributed by atoms with van der Waals surface area (Å²) in [5.41, 5.74) is 4.39. The zero-order chi connectivity index (χ0) is 20.5. The molecule has 2 heterocycles. The highest BCUT2D eigenvalue weighted by Gasteiger charge is 2.14. The largest absolute Gasteiger partial charge is 0.321 e. The minimum Gasteiger partial charge on any atom is -0.321 e. The van der Waals surface area contributed by atoms with Gasteiger partial charge in [0.1, 0.15) is 23.3 Å². The number of carbonyl (C=O) groups excluding carboxylic acids is 1. The number of benzene rings is 2. The highest BCUT2D eigenvalue weighted by atomic mass is 19.1. The van der Waals surface area contributed by atoms with E-state index in [1.807, 2.05) is 12.1 Å². The molecule has 4 rings (SSSR count). The third kappa shape index (κ3) is 3.44. The predicted molar refractivity (Wildman–Crippen MR) is 108 cm³/mol. The molecule has 0 saturated carbocycles. The molecule has 0 aliphatic carbocycles. The molecule has 2 N–H and O–H groups in total. The maximum absolute atomic E-state index is 14.0. The number of hydrogen-bond acceptors (Lipinski definition) is 4. The number of aryl methyl sites for hydroxylation is 2. The second kappa shape index (κ2) is 7.17. The van der Waals surface area contributed by atoms with Gasteiger partial charge in [-0.2, -0.15) is 10.4 Å². The first-order valence-electron chi connectivity index (χ1n) is 8.89. The average Bonchev–Trinajstić information content (AvgIpc) is 3.13. The molecule has 0 radical (unpaired) electrons. The maximum Gasteiger partial charge on any atom is 0.274 e. The molecule has 0 saturated heterocycles. The molecule has 0 fully saturated rings. The van der Waals surface area contributed by atoms with Crippen LogP contribution in [0.15, 0.2) is 48.7 Å². The smallest absolute Gasteiger partial charge is 0.274 e. The molecule has 2 aromatic carbocycles. The number of fused-ring (bicyclic) bond motifs is 1. The number of amides is 1. The average molecular weight is 385 g/mol. The number of halogens is 1. The Kier molecular flexibility index (Phi) is 4.53. The number of aromatic nitrogens is 3. The molecule has 7 heteroatoms. The van der Waals surface area contributed by atoms with Gasteiger partial charge in [-0.25, -0.2) is 9.37 Å². The first-order valence-corrected chi connectivity index (χ1v) is 8.89. The quantitative estimate of drug-likeness (QED) is 0.543. The summed E-state index contributed by atoms with van der Waals surface area (Å²) >= 11 is 0. The Balaban J connectivity index is 1.68. The molecule has 1 amide bonds. The van der Waals surface area contributed by atoms with Crippen LogP contribution in [0.1, 0.15) is 27.2 Å². The second-order valence-corrected chi connectivity index (χ2v) is 6.75. The molecular weight excluding hydrogens is 369 g/mol. The Morgan fingerprint density at radius 2 is 1.97 bits per heavy atom. The maximum atomic E-state index is 14.0. The topological polar surface area (TPSA) is 94.5 Å². The van der Waals surface area contributed by atoms with Crippen molar-refractivity contribution >= 4 is 22.5 Å². The van der Waals surface area contributed by atoms with Gasteiger partial charge in [-0.3, -0.25) is 9.89 Å². The normalized spacial score (nSPS) is 10.7. The van der Waals surface area contributed by atoms with Gasteiger partial charge in [0, 0.05) is 22.8 Å². The lowest BCUT2D eigenvalue weighted by Crippen LogP contribution is -2.15. The van der Waals surface area contributed by atoms with Gasteiger partial charge in [0.25, 0.3) is 5.91 Å². The fraction of sp³-hybridized carbons (Fsp3) is 0.0909. The van der Waals surface area contributed by atoms with E-state index in [1.54, 1.807) is 44.2 Å². The van der Waals surface area contributed by atoms with Crippen LogP contribution in [0.5, 0.6) is 0 Å². The minimum atomic E-state index is -0.377. The Hall–Kier alpha value is -4.05. The van der Waals surface area contributed by atoms with Crippen LogP contribution in [0.2, 0.25) is 0 Å². The van der Waals surface area contributed by atoms with Gasteiger partial charge in [0.05, 0.1) is 11.1 Å². The molecule has 2 aromatic heterocycles. The summed E-state index contributed by atoms with van der Waals surface area (Å²) in [4.78, 5) is 16.7. The van der Waals surface area contributed by atoms with Crippen molar-refractivity contribution in [3.63, 3.8) is 0 Å². The van der Waals surface area contributed by atoms with Crippen molar-refractivity contribution in [1.82, 2.24) is 15.2 Å². The third-order valence-corrected chi connectivity index (χ3v) is 4.69. The number of H-pyrrole nitrogens is 1. The van der Waals surface area contributed by atoms with Gasteiger partial charge in [-0.1, -0.05) is 12.1 Å². The summed E-state index contributed by atoms with van der Waals surface area (Å²) in [6.45, 7) is 3.43. The van der Waals surface area contributed by atoms with E-state index >= 15 is 0 Å². The SMILES string of the molecule is Cc1ccc(-c2n[nH]c3ccc(NC(=O)c4ncc(C#N)cc4C)cc23)cc1F. The zero-order valence-corrected chi connectivity index (χ0v) is 15.7. The van der Waals surface area contributed by atoms with Crippen molar-refractivity contribution in [2.24, 2.45) is 0 Å². The number of aromatic amines is 1. The number of nitrogens with one attached hydrogen (secondary N) is 2. The first kappa shape index (κ1) is 18.3. The zero-order valence-electron chi connectivity index (χ0n) is 15.7. The molecule has 0 unspecified atom stereocenters. The Labute approximate surface area is 166 Å². The molecule has 0 bridgehead atoms. The molecule has 0 aliphatic rings. The molecule has 0 aliphatic heterocycles. The summed E-state index contributed by atoms with van der Waals surface area (Å²) in [6.07, 6.45) is 1.37. The molecular formula is C22H16FN5O. The van der Waals surface area contributed by atoms with Crippen molar-refractivity contribution in [3.05, 3.63) is 76.9 Å². The van der Waals surface area contributed by atoms with Crippen LogP contribution < -0.4 is 5.32 Å². The molecule has 142 valence electrons. The number of pyridine rings is 1. The van der Waals surface area contributed by atoms with E-state index in [4.69, 9.17) is 5.26 Å². The van der Waals surface area contributed by atoms with Crippen LogP contribution >= 0.6 is 0 Å². The van der Waals surface area contributed by atoms with Gasteiger partial charge in [0.2, 0.25) is 0 Å². The predicted octanol–water partition coefficient (Wildman–Crippen LogP) is 4.50. The fourth-order valence-electron chi connectivity index (χ4n) is 3.12. The highest BCUT2D eigenvalue weighted by molar-refractivity contribution is 6.05. The summed E-state index contributed by atoms with van der Waals surface area (Å²) < 4.78 is 14.0. The van der Waals surface area contributed by atoms with E-state index in [2.05, 4.69) is 20.5 Å². The molecule has 6 nitrogen and oxygen atoms in total. The lowest BCUT2D eigenvalue weighted by atomic mass is 10.1. The van der Waals surface area contributed by atoms with Crippen molar-refractivity contribution in [2.75, 3.05) is 5.32 Å². The van der Waals surface area contributed by atoms with Gasteiger partial charge in [0.15, 0.2) is 0 Å². The number of carbonyl (C=O) groups is 1. The van der Waals surface area contributed by atoms with E-state index < -0.39 is 0 Å². The van der Waals surface area contributed by atoms with Crippen LogP contribution in [-0.2, 0) is 0 Å². The number of anilines is 1. The number of nitrogens with zero attached hydrogens (tertiary/aromatic N) is 3. The summed E-state index contributed by atoms with van der Waals surface area (Å²) in [7, 11) is 0. The highest BCUT2D eigenvalue weighted by Crippen LogP contribution is 2.29. The number of rotatable bonds is 3. The minimum absolute atomic E-state index is 0.247. The third-order valence-electron chi connectivity index (χ3n) is 4.69. The van der Waals surface area contributed by atoms with E-state index in [9.17, 15) is 9.18 Å². The molecule has 4 aromatic rings. The molecule has 0 spiro atoms. The summed E-state index contributed by atoms with van der Waals surface area (Å²) in [6, 6.07) is 13.9. The van der Waals surface area contributed by atoms with Crippen LogP contribution in [0.25, 0.3) is 22.2 Å². The van der Waals surface area contributed by atoms with Crippen LogP contribution in [0.3, 0.4) is 0 Å². The second-order valence-electron chi connectivity index (χ2n) is 6.75. The standard InChI is InChI=1S/C22H16FN5O/c1-12-3-4-15(8-18(12)23)21-17-9-16(5-6-19(17)27-28-21)26-22(29)20-13(2)7-14(10-24)11-25-20/h3-9,11H,1-2H3,(H,26,29)(H,27,28). The Bertz CT molecular complexity index is 1300. The van der Waals surface area contributed by atoms with E-state index in [0.29, 0.717) is 33.6 Å². The van der Waals surface area contributed by atoms with Crippen LogP contribution in [0.4, 0.5) is 10.1 Å². The lowest BCUT2D eigenvalue weighted by molar-refractivity contribution is 0.102. The number of nitriles is 1. The summed E-state index contributed by atoms with van der Waals surface area (Å²) in [5, 5.41) is 19.7. The monoisotopic (exact) mass is 385 g/mol. The van der Waals surface area contributed by atoms with Gasteiger partial charge in [-0.05, 0) is 55.3 Å². The Morgan fingerprint density at radius 3 is 2.69 bits per heavy atom. The fourth-order valence-corrected chi connectivity index (χ4v) is 3.12. The van der Waals surface area contributed by atoms with E-state index in [-0.39, 0.29) is 17.4 Å². The van der Waals surface area contributed by atoms with E-state index in [1.165, 1.54) is 12.3 Å². The van der Waals surface area contributed by atoms with Crippen molar-refractivity contribution in [2.45, 2.75) is 13.8 Å². The van der Waals surface area contributed by atoms with Crippen LogP contribution in [0, 0.1) is 31.0 Å². The van der Waals surface area contributed by atoms with E-state index in [0.717, 1.165) is 10.9 Å². The van der Waals surface area contributed by atoms with Crippen molar-refractivity contribution in [1.29, 1.82) is 5.26 Å².